The molecule has 0 aliphatic carbocycles. The fourth-order valence-electron chi connectivity index (χ4n) is 2.30. The molecule has 1 nitrogen and oxygen atoms in total. The Morgan fingerprint density at radius 3 is 1.85 bits per heavy atom. The van der Waals surface area contributed by atoms with E-state index in [9.17, 15) is 0 Å². The van der Waals surface area contributed by atoms with Crippen LogP contribution in [0, 0.1) is 6.07 Å². The van der Waals surface area contributed by atoms with Crippen molar-refractivity contribution in [1.82, 2.24) is 0 Å². The summed E-state index contributed by atoms with van der Waals surface area (Å²) in [6, 6.07) is 27.9. The minimum atomic E-state index is 0.753. The molecule has 0 N–H and O–H groups in total. The van der Waals surface area contributed by atoms with E-state index in [-0.39, 0.29) is 0 Å². The van der Waals surface area contributed by atoms with E-state index in [1.807, 2.05) is 48.5 Å². The zero-order valence-corrected chi connectivity index (χ0v) is 11.3. The molecule has 0 saturated carbocycles. The predicted molar refractivity (Wildman–Crippen MR) is 82.7 cm³/mol. The van der Waals surface area contributed by atoms with Gasteiger partial charge in [0.25, 0.3) is 0 Å². The molecule has 0 aliphatic heterocycles. The van der Waals surface area contributed by atoms with Crippen LogP contribution in [0.1, 0.15) is 0 Å². The Morgan fingerprint density at radius 1 is 0.750 bits per heavy atom. The quantitative estimate of drug-likeness (QED) is 0.654. The summed E-state index contributed by atoms with van der Waals surface area (Å²) in [6.07, 6.45) is 0. The van der Waals surface area contributed by atoms with Crippen LogP contribution in [-0.2, 0) is 0 Å². The van der Waals surface area contributed by atoms with Crippen LogP contribution in [0.4, 0.5) is 0 Å². The molecule has 0 heterocycles. The van der Waals surface area contributed by atoms with Gasteiger partial charge in [0.2, 0.25) is 0 Å². The van der Waals surface area contributed by atoms with Gasteiger partial charge in [0.1, 0.15) is 5.75 Å². The Hall–Kier alpha value is -2.54. The molecule has 3 aromatic rings. The molecule has 3 rings (SSSR count). The minimum Gasteiger partial charge on any atom is -0.496 e. The number of benzene rings is 3. The van der Waals surface area contributed by atoms with E-state index >= 15 is 0 Å². The maximum Gasteiger partial charge on any atom is 0.127 e. The van der Waals surface area contributed by atoms with Crippen molar-refractivity contribution in [3.05, 3.63) is 78.9 Å². The minimum absolute atomic E-state index is 0.753. The second-order valence-corrected chi connectivity index (χ2v) is 4.56. The fraction of sp³-hybridized carbons (Fsp3) is 0.0526. The fourth-order valence-corrected chi connectivity index (χ4v) is 2.30. The van der Waals surface area contributed by atoms with Crippen molar-refractivity contribution in [2.24, 2.45) is 0 Å². The van der Waals surface area contributed by atoms with Gasteiger partial charge in [-0.15, -0.1) is 0 Å². The van der Waals surface area contributed by atoms with Crippen molar-refractivity contribution in [2.75, 3.05) is 7.11 Å². The summed E-state index contributed by atoms with van der Waals surface area (Å²) >= 11 is 0. The number of ether oxygens (including phenoxy) is 1. The zero-order valence-electron chi connectivity index (χ0n) is 11.3. The average molecular weight is 259 g/mol. The van der Waals surface area contributed by atoms with E-state index in [0.29, 0.717) is 0 Å². The van der Waals surface area contributed by atoms with Crippen LogP contribution in [0.15, 0.2) is 72.8 Å². The van der Waals surface area contributed by atoms with Gasteiger partial charge in [-0.1, -0.05) is 60.7 Å². The molecule has 0 unspecified atom stereocenters. The van der Waals surface area contributed by atoms with Gasteiger partial charge < -0.3 is 4.74 Å². The van der Waals surface area contributed by atoms with E-state index in [0.717, 1.165) is 16.9 Å². The first-order chi connectivity index (χ1) is 9.88. The first-order valence-corrected chi connectivity index (χ1v) is 6.59. The van der Waals surface area contributed by atoms with Crippen LogP contribution in [0.5, 0.6) is 5.75 Å². The Bertz CT molecular complexity index is 687. The molecule has 1 radical (unpaired) electrons. The largest absolute Gasteiger partial charge is 0.496 e. The third-order valence-corrected chi connectivity index (χ3v) is 3.31. The lowest BCUT2D eigenvalue weighted by atomic mass is 9.94. The molecule has 97 valence electrons. The van der Waals surface area contributed by atoms with Gasteiger partial charge >= 0.3 is 0 Å². The topological polar surface area (TPSA) is 9.23 Å². The van der Waals surface area contributed by atoms with Gasteiger partial charge in [-0.3, -0.25) is 0 Å². The summed E-state index contributed by atoms with van der Waals surface area (Å²) in [6.45, 7) is 0. The Balaban J connectivity index is 2.20. The lowest BCUT2D eigenvalue weighted by molar-refractivity contribution is 0.414. The standard InChI is InChI=1S/C19H15O/c1-20-17-12-13-18(15-8-4-2-5-9-15)19(14-17)16-10-6-3-7-11-16/h2-11,13-14H,1H3. The van der Waals surface area contributed by atoms with E-state index in [1.165, 1.54) is 11.1 Å². The zero-order chi connectivity index (χ0) is 13.8. The highest BCUT2D eigenvalue weighted by molar-refractivity contribution is 5.84. The van der Waals surface area contributed by atoms with Crippen molar-refractivity contribution in [1.29, 1.82) is 0 Å². The third kappa shape index (κ3) is 2.43. The summed E-state index contributed by atoms with van der Waals surface area (Å²) in [5, 5.41) is 0. The monoisotopic (exact) mass is 259 g/mol. The maximum atomic E-state index is 5.31. The van der Waals surface area contributed by atoms with E-state index in [1.54, 1.807) is 7.11 Å². The van der Waals surface area contributed by atoms with Crippen molar-refractivity contribution < 1.29 is 4.74 Å². The molecule has 0 aromatic heterocycles. The molecule has 0 bridgehead atoms. The van der Waals surface area contributed by atoms with Gasteiger partial charge in [0.05, 0.1) is 7.11 Å². The van der Waals surface area contributed by atoms with Gasteiger partial charge in [-0.2, -0.15) is 0 Å². The summed E-state index contributed by atoms with van der Waals surface area (Å²) in [5.41, 5.74) is 4.69. The van der Waals surface area contributed by atoms with Crippen LogP contribution in [0.3, 0.4) is 0 Å². The highest BCUT2D eigenvalue weighted by atomic mass is 16.5. The second kappa shape index (κ2) is 5.62. The molecule has 3 aromatic carbocycles. The summed E-state index contributed by atoms with van der Waals surface area (Å²) in [5.74, 6) is 0.753. The van der Waals surface area contributed by atoms with E-state index < -0.39 is 0 Å². The summed E-state index contributed by atoms with van der Waals surface area (Å²) in [4.78, 5) is 0. The molecule has 0 amide bonds. The van der Waals surface area contributed by atoms with Crippen molar-refractivity contribution >= 4 is 0 Å². The van der Waals surface area contributed by atoms with Crippen molar-refractivity contribution in [2.45, 2.75) is 0 Å². The third-order valence-electron chi connectivity index (χ3n) is 3.31. The Labute approximate surface area is 119 Å². The number of methoxy groups -OCH3 is 1. The number of hydrogen-bond acceptors (Lipinski definition) is 1. The van der Waals surface area contributed by atoms with E-state index in [4.69, 9.17) is 4.74 Å². The van der Waals surface area contributed by atoms with Gasteiger partial charge in [-0.25, -0.2) is 0 Å². The molecule has 20 heavy (non-hydrogen) atoms. The van der Waals surface area contributed by atoms with Crippen LogP contribution >= 0.6 is 0 Å². The molecule has 0 fully saturated rings. The van der Waals surface area contributed by atoms with Crippen LogP contribution in [0.25, 0.3) is 22.3 Å². The lowest BCUT2D eigenvalue weighted by Gasteiger charge is -2.12. The van der Waals surface area contributed by atoms with E-state index in [2.05, 4.69) is 30.3 Å². The SMILES string of the molecule is COc1[c]cc(-c2ccccc2)c(-c2ccccc2)c1. The average Bonchev–Trinajstić information content (AvgIpc) is 2.56. The predicted octanol–water partition coefficient (Wildman–Crippen LogP) is 4.83. The number of hydrogen-bond donors (Lipinski definition) is 0. The summed E-state index contributed by atoms with van der Waals surface area (Å²) < 4.78 is 5.31. The van der Waals surface area contributed by atoms with Crippen LogP contribution in [-0.4, -0.2) is 7.11 Å². The highest BCUT2D eigenvalue weighted by Crippen LogP contribution is 2.34. The highest BCUT2D eigenvalue weighted by Gasteiger charge is 2.08. The first kappa shape index (κ1) is 12.5. The molecule has 0 aliphatic rings. The molecular formula is C19H15O. The van der Waals surface area contributed by atoms with Gasteiger partial charge in [0.15, 0.2) is 0 Å². The van der Waals surface area contributed by atoms with Crippen LogP contribution < -0.4 is 4.74 Å². The molecule has 0 spiro atoms. The smallest absolute Gasteiger partial charge is 0.127 e. The van der Waals surface area contributed by atoms with Gasteiger partial charge in [-0.05, 0) is 34.4 Å². The van der Waals surface area contributed by atoms with Crippen molar-refractivity contribution in [3.8, 4) is 28.0 Å². The first-order valence-electron chi connectivity index (χ1n) is 6.59. The van der Waals surface area contributed by atoms with Crippen LogP contribution in [0.2, 0.25) is 0 Å². The second-order valence-electron chi connectivity index (χ2n) is 4.56. The lowest BCUT2D eigenvalue weighted by Crippen LogP contribution is -1.89. The van der Waals surface area contributed by atoms with Crippen molar-refractivity contribution in [3.63, 3.8) is 0 Å². The molecule has 0 saturated heterocycles. The molecule has 1 heteroatoms. The number of rotatable bonds is 3. The molecule has 0 atom stereocenters. The van der Waals surface area contributed by atoms with Gasteiger partial charge in [0, 0.05) is 6.07 Å². The Kier molecular flexibility index (Phi) is 3.51. The maximum absolute atomic E-state index is 5.31. The Morgan fingerprint density at radius 2 is 1.30 bits per heavy atom. The molecular weight excluding hydrogens is 244 g/mol. The normalized spacial score (nSPS) is 10.2. The summed E-state index contributed by atoms with van der Waals surface area (Å²) in [7, 11) is 1.67.